The Bertz CT molecular complexity index is 829. The van der Waals surface area contributed by atoms with Gasteiger partial charge in [-0.25, -0.2) is 14.8 Å². The number of aromatic nitrogens is 3. The highest BCUT2D eigenvalue weighted by atomic mass is 16.7. The van der Waals surface area contributed by atoms with E-state index in [1.165, 1.54) is 12.4 Å². The van der Waals surface area contributed by atoms with Gasteiger partial charge in [-0.3, -0.25) is 4.79 Å². The summed E-state index contributed by atoms with van der Waals surface area (Å²) in [7, 11) is 0. The first-order chi connectivity index (χ1) is 11.6. The number of pyridine rings is 1. The van der Waals surface area contributed by atoms with Crippen molar-refractivity contribution in [3.05, 3.63) is 34.5 Å². The van der Waals surface area contributed by atoms with Gasteiger partial charge in [0.1, 0.15) is 18.7 Å². The minimum absolute atomic E-state index is 0.0616. The van der Waals surface area contributed by atoms with Gasteiger partial charge in [-0.15, -0.1) is 4.73 Å². The highest BCUT2D eigenvalue weighted by Crippen LogP contribution is 2.28. The van der Waals surface area contributed by atoms with Crippen LogP contribution in [0.3, 0.4) is 0 Å². The van der Waals surface area contributed by atoms with Gasteiger partial charge in [0.2, 0.25) is 0 Å². The van der Waals surface area contributed by atoms with Crippen LogP contribution in [0.25, 0.3) is 17.1 Å². The van der Waals surface area contributed by atoms with E-state index in [2.05, 4.69) is 16.5 Å². The summed E-state index contributed by atoms with van der Waals surface area (Å²) in [5, 5.41) is 10.5. The van der Waals surface area contributed by atoms with Crippen molar-refractivity contribution in [2.45, 2.75) is 26.7 Å². The van der Waals surface area contributed by atoms with Crippen LogP contribution < -0.4 is 10.4 Å². The van der Waals surface area contributed by atoms with E-state index >= 15 is 0 Å². The molecule has 0 radical (unpaired) electrons. The van der Waals surface area contributed by atoms with Gasteiger partial charge in [-0.2, -0.15) is 0 Å². The fourth-order valence-electron chi connectivity index (χ4n) is 2.16. The number of ether oxygens (including phenoxy) is 1. The van der Waals surface area contributed by atoms with Crippen molar-refractivity contribution >= 4 is 23.1 Å². The molecule has 0 bridgehead atoms. The minimum atomic E-state index is -0.936. The average molecular weight is 333 g/mol. The Kier molecular flexibility index (Phi) is 5.51. The van der Waals surface area contributed by atoms with E-state index in [1.54, 1.807) is 6.92 Å². The Morgan fingerprint density at radius 3 is 2.79 bits per heavy atom. The van der Waals surface area contributed by atoms with Crippen molar-refractivity contribution in [3.63, 3.8) is 0 Å². The smallest absolute Gasteiger partial charge is 0.347 e. The third-order valence-electron chi connectivity index (χ3n) is 3.31. The van der Waals surface area contributed by atoms with Crippen LogP contribution >= 0.6 is 0 Å². The molecule has 0 unspecified atom stereocenters. The Hall–Kier alpha value is -2.90. The molecule has 0 fully saturated rings. The fraction of sp³-hybridized carbons (Fsp3) is 0.375. The molecule has 0 saturated heterocycles. The quantitative estimate of drug-likeness (QED) is 0.605. The summed E-state index contributed by atoms with van der Waals surface area (Å²) in [6.45, 7) is 7.51. The molecule has 0 aromatic carbocycles. The maximum atomic E-state index is 12.6. The van der Waals surface area contributed by atoms with E-state index in [9.17, 15) is 14.7 Å². The highest BCUT2D eigenvalue weighted by Gasteiger charge is 2.26. The number of unbranched alkanes of at least 4 members (excludes halogenated alkanes) is 1. The maximum Gasteiger partial charge on any atom is 0.347 e. The molecule has 2 heterocycles. The summed E-state index contributed by atoms with van der Waals surface area (Å²) in [4.78, 5) is 38.2. The Labute approximate surface area is 138 Å². The summed E-state index contributed by atoms with van der Waals surface area (Å²) < 4.78 is 5.75. The second-order valence-electron chi connectivity index (χ2n) is 4.89. The van der Waals surface area contributed by atoms with Crippen LogP contribution in [0.2, 0.25) is 0 Å². The molecule has 0 aliphatic carbocycles. The van der Waals surface area contributed by atoms with Gasteiger partial charge in [0.15, 0.2) is 11.2 Å². The SMILES string of the molecule is C=Cc1ncnc2c1c(O)c(C(=O)OCC)c(=O)n2OCCCC. The largest absolute Gasteiger partial charge is 0.506 e. The fourth-order valence-corrected chi connectivity index (χ4v) is 2.16. The summed E-state index contributed by atoms with van der Waals surface area (Å²) in [6, 6.07) is 0. The Morgan fingerprint density at radius 1 is 1.42 bits per heavy atom. The lowest BCUT2D eigenvalue weighted by Gasteiger charge is -2.14. The van der Waals surface area contributed by atoms with Crippen molar-refractivity contribution in [1.29, 1.82) is 0 Å². The monoisotopic (exact) mass is 333 g/mol. The molecule has 0 atom stereocenters. The van der Waals surface area contributed by atoms with Gasteiger partial charge in [0.05, 0.1) is 17.7 Å². The van der Waals surface area contributed by atoms with Crippen molar-refractivity contribution in [3.8, 4) is 5.75 Å². The molecule has 0 saturated carbocycles. The molecule has 0 aliphatic heterocycles. The number of nitrogens with zero attached hydrogens (tertiary/aromatic N) is 3. The van der Waals surface area contributed by atoms with Crippen LogP contribution in [0.5, 0.6) is 5.75 Å². The summed E-state index contributed by atoms with van der Waals surface area (Å²) >= 11 is 0. The first kappa shape index (κ1) is 17.5. The zero-order valence-corrected chi connectivity index (χ0v) is 13.6. The average Bonchev–Trinajstić information content (AvgIpc) is 2.57. The molecular weight excluding hydrogens is 314 g/mol. The molecule has 0 amide bonds. The van der Waals surface area contributed by atoms with Gasteiger partial charge in [0.25, 0.3) is 0 Å². The molecular formula is C16H19N3O5. The van der Waals surface area contributed by atoms with Crippen molar-refractivity contribution < 1.29 is 19.5 Å². The van der Waals surface area contributed by atoms with Gasteiger partial charge < -0.3 is 14.7 Å². The maximum absolute atomic E-state index is 12.6. The number of carbonyl (C=O) groups is 1. The highest BCUT2D eigenvalue weighted by molar-refractivity contribution is 6.00. The van der Waals surface area contributed by atoms with Crippen LogP contribution in [-0.2, 0) is 4.74 Å². The van der Waals surface area contributed by atoms with Crippen molar-refractivity contribution in [2.75, 3.05) is 13.2 Å². The predicted octanol–water partition coefficient (Wildman–Crippen LogP) is 1.55. The Balaban J connectivity index is 2.79. The van der Waals surface area contributed by atoms with E-state index < -0.39 is 22.8 Å². The van der Waals surface area contributed by atoms with Crippen LogP contribution in [-0.4, -0.2) is 39.0 Å². The van der Waals surface area contributed by atoms with E-state index in [0.29, 0.717) is 6.42 Å². The molecule has 128 valence electrons. The van der Waals surface area contributed by atoms with Crippen LogP contribution in [0.15, 0.2) is 17.7 Å². The second kappa shape index (κ2) is 7.58. The van der Waals surface area contributed by atoms with Crippen molar-refractivity contribution in [2.24, 2.45) is 0 Å². The molecule has 2 aromatic rings. The summed E-state index contributed by atoms with van der Waals surface area (Å²) in [6.07, 6.45) is 4.19. The molecule has 1 N–H and O–H groups in total. The van der Waals surface area contributed by atoms with E-state index in [1.807, 2.05) is 6.92 Å². The number of rotatable bonds is 7. The Morgan fingerprint density at radius 2 is 2.17 bits per heavy atom. The van der Waals surface area contributed by atoms with Gasteiger partial charge in [0, 0.05) is 0 Å². The second-order valence-corrected chi connectivity index (χ2v) is 4.89. The van der Waals surface area contributed by atoms with E-state index in [4.69, 9.17) is 9.57 Å². The van der Waals surface area contributed by atoms with E-state index in [0.717, 1.165) is 11.2 Å². The number of fused-ring (bicyclic) bond motifs is 1. The number of aromatic hydroxyl groups is 1. The van der Waals surface area contributed by atoms with Crippen LogP contribution in [0, 0.1) is 0 Å². The first-order valence-corrected chi connectivity index (χ1v) is 7.62. The van der Waals surface area contributed by atoms with Gasteiger partial charge >= 0.3 is 11.5 Å². The minimum Gasteiger partial charge on any atom is -0.506 e. The molecule has 8 nitrogen and oxygen atoms in total. The molecule has 8 heteroatoms. The van der Waals surface area contributed by atoms with Crippen LogP contribution in [0.4, 0.5) is 0 Å². The molecule has 0 spiro atoms. The van der Waals surface area contributed by atoms with Crippen molar-refractivity contribution in [1.82, 2.24) is 14.7 Å². The lowest BCUT2D eigenvalue weighted by molar-refractivity contribution is 0.0510. The predicted molar refractivity (Wildman–Crippen MR) is 87.9 cm³/mol. The lowest BCUT2D eigenvalue weighted by atomic mass is 10.1. The third kappa shape index (κ3) is 3.08. The zero-order chi connectivity index (χ0) is 17.7. The summed E-state index contributed by atoms with van der Waals surface area (Å²) in [5.41, 5.74) is -1.01. The molecule has 0 aliphatic rings. The lowest BCUT2D eigenvalue weighted by Crippen LogP contribution is -2.33. The number of hydrogen-bond acceptors (Lipinski definition) is 7. The summed E-state index contributed by atoms with van der Waals surface area (Å²) in [5.74, 6) is -1.48. The zero-order valence-electron chi connectivity index (χ0n) is 13.6. The molecule has 2 aromatic heterocycles. The van der Waals surface area contributed by atoms with Gasteiger partial charge in [-0.1, -0.05) is 19.9 Å². The standard InChI is InChI=1S/C16H19N3O5/c1-4-7-8-24-19-14-11(10(5-2)17-9-18-14)13(20)12(15(19)21)16(22)23-6-3/h5,9,20H,2,4,6-8H2,1,3H3. The third-order valence-corrected chi connectivity index (χ3v) is 3.31. The first-order valence-electron chi connectivity index (χ1n) is 7.62. The number of esters is 1. The van der Waals surface area contributed by atoms with Crippen LogP contribution in [0.1, 0.15) is 42.7 Å². The number of carbonyl (C=O) groups excluding carboxylic acids is 1. The number of hydrogen-bond donors (Lipinski definition) is 1. The topological polar surface area (TPSA) is 104 Å². The van der Waals surface area contributed by atoms with E-state index in [-0.39, 0.29) is 29.9 Å². The normalized spacial score (nSPS) is 10.6. The van der Waals surface area contributed by atoms with Gasteiger partial charge in [-0.05, 0) is 19.4 Å². The molecule has 24 heavy (non-hydrogen) atoms. The molecule has 2 rings (SSSR count).